The van der Waals surface area contributed by atoms with Crippen LogP contribution in [0.5, 0.6) is 0 Å². The summed E-state index contributed by atoms with van der Waals surface area (Å²) in [7, 11) is 0. The molecule has 0 aromatic heterocycles. The highest BCUT2D eigenvalue weighted by Crippen LogP contribution is 2.06. The summed E-state index contributed by atoms with van der Waals surface area (Å²) in [5.41, 5.74) is 0. The maximum atomic E-state index is 2.24. The minimum Gasteiger partial charge on any atom is -0.134 e. The molecule has 0 N–H and O–H groups in total. The standard InChI is InChI=1S/C8H16S/c1-3-5-6-8-9-7-4-2/h4,7H,3,5-6,8H2,1-2H3/b7-4-. The molecule has 0 spiro atoms. The first kappa shape index (κ1) is 9.09. The largest absolute Gasteiger partial charge is 0.134 e. The highest BCUT2D eigenvalue weighted by Gasteiger charge is 1.82. The Hall–Kier alpha value is 0.0900. The number of rotatable bonds is 5. The quantitative estimate of drug-likeness (QED) is 0.533. The average molecular weight is 144 g/mol. The van der Waals surface area contributed by atoms with Gasteiger partial charge >= 0.3 is 0 Å². The highest BCUT2D eigenvalue weighted by atomic mass is 32.2. The molecule has 0 nitrogen and oxygen atoms in total. The summed E-state index contributed by atoms with van der Waals surface area (Å²) in [5.74, 6) is 1.29. The Bertz CT molecular complexity index is 67.0. The maximum absolute atomic E-state index is 2.24. The molecule has 0 radical (unpaired) electrons. The first-order valence-electron chi connectivity index (χ1n) is 3.64. The minimum atomic E-state index is 1.29. The van der Waals surface area contributed by atoms with Gasteiger partial charge in [-0.1, -0.05) is 25.8 Å². The van der Waals surface area contributed by atoms with E-state index in [9.17, 15) is 0 Å². The third kappa shape index (κ3) is 8.09. The molecule has 0 bridgehead atoms. The van der Waals surface area contributed by atoms with Crippen molar-refractivity contribution in [2.75, 3.05) is 5.75 Å². The van der Waals surface area contributed by atoms with E-state index in [1.54, 1.807) is 0 Å². The Morgan fingerprint density at radius 2 is 2.11 bits per heavy atom. The van der Waals surface area contributed by atoms with Gasteiger partial charge in [0, 0.05) is 0 Å². The Morgan fingerprint density at radius 3 is 2.67 bits per heavy atom. The van der Waals surface area contributed by atoms with Crippen LogP contribution in [-0.2, 0) is 0 Å². The molecule has 0 aromatic carbocycles. The van der Waals surface area contributed by atoms with Crippen LogP contribution in [-0.4, -0.2) is 5.75 Å². The molecule has 0 aliphatic heterocycles. The molecule has 0 aromatic rings. The first-order valence-corrected chi connectivity index (χ1v) is 4.69. The fourth-order valence-corrected chi connectivity index (χ4v) is 1.30. The van der Waals surface area contributed by atoms with Crippen molar-refractivity contribution in [1.82, 2.24) is 0 Å². The number of allylic oxidation sites excluding steroid dienone is 1. The summed E-state index contributed by atoms with van der Waals surface area (Å²) in [6.07, 6.45) is 6.17. The second kappa shape index (κ2) is 8.09. The Balaban J connectivity index is 2.75. The van der Waals surface area contributed by atoms with Crippen LogP contribution in [0.25, 0.3) is 0 Å². The molecule has 0 fully saturated rings. The summed E-state index contributed by atoms with van der Waals surface area (Å²) in [5, 5.41) is 2.16. The van der Waals surface area contributed by atoms with E-state index in [0.29, 0.717) is 0 Å². The number of hydrogen-bond acceptors (Lipinski definition) is 1. The van der Waals surface area contributed by atoms with Crippen molar-refractivity contribution in [3.8, 4) is 0 Å². The van der Waals surface area contributed by atoms with Gasteiger partial charge in [0.15, 0.2) is 0 Å². The van der Waals surface area contributed by atoms with E-state index in [-0.39, 0.29) is 0 Å². The normalized spacial score (nSPS) is 10.9. The molecular weight excluding hydrogens is 128 g/mol. The van der Waals surface area contributed by atoms with Crippen LogP contribution >= 0.6 is 11.8 Å². The van der Waals surface area contributed by atoms with Crippen LogP contribution in [0, 0.1) is 0 Å². The summed E-state index contributed by atoms with van der Waals surface area (Å²) in [4.78, 5) is 0. The van der Waals surface area contributed by atoms with Gasteiger partial charge in [0.25, 0.3) is 0 Å². The monoisotopic (exact) mass is 144 g/mol. The number of thioether (sulfide) groups is 1. The van der Waals surface area contributed by atoms with Crippen LogP contribution in [0.2, 0.25) is 0 Å². The lowest BCUT2D eigenvalue weighted by Gasteiger charge is -1.92. The predicted molar refractivity (Wildman–Crippen MR) is 46.8 cm³/mol. The van der Waals surface area contributed by atoms with Crippen molar-refractivity contribution in [1.29, 1.82) is 0 Å². The highest BCUT2D eigenvalue weighted by molar-refractivity contribution is 8.02. The summed E-state index contributed by atoms with van der Waals surface area (Å²) in [6, 6.07) is 0. The van der Waals surface area contributed by atoms with Crippen LogP contribution in [0.3, 0.4) is 0 Å². The smallest absolute Gasteiger partial charge is 0.00261 e. The molecular formula is C8H16S. The minimum absolute atomic E-state index is 1.29. The SMILES string of the molecule is C/C=C\SCCCCC. The van der Waals surface area contributed by atoms with Gasteiger partial charge in [-0.15, -0.1) is 11.8 Å². The summed E-state index contributed by atoms with van der Waals surface area (Å²) < 4.78 is 0. The predicted octanol–water partition coefficient (Wildman–Crippen LogP) is 3.44. The fraction of sp³-hybridized carbons (Fsp3) is 0.750. The van der Waals surface area contributed by atoms with Gasteiger partial charge in [-0.3, -0.25) is 0 Å². The van der Waals surface area contributed by atoms with Crippen molar-refractivity contribution < 1.29 is 0 Å². The Kier molecular flexibility index (Phi) is 8.17. The third-order valence-electron chi connectivity index (χ3n) is 1.10. The van der Waals surface area contributed by atoms with E-state index in [2.05, 4.69) is 25.3 Å². The molecule has 0 heterocycles. The molecule has 0 rings (SSSR count). The topological polar surface area (TPSA) is 0 Å². The van der Waals surface area contributed by atoms with Crippen molar-refractivity contribution in [2.45, 2.75) is 33.1 Å². The van der Waals surface area contributed by atoms with Gasteiger partial charge in [0.1, 0.15) is 0 Å². The molecule has 0 amide bonds. The van der Waals surface area contributed by atoms with E-state index in [4.69, 9.17) is 0 Å². The molecule has 54 valence electrons. The lowest BCUT2D eigenvalue weighted by Crippen LogP contribution is -1.75. The van der Waals surface area contributed by atoms with Crippen LogP contribution in [0.15, 0.2) is 11.5 Å². The molecule has 0 aliphatic rings. The lowest BCUT2D eigenvalue weighted by molar-refractivity contribution is 0.779. The Labute approximate surface area is 62.7 Å². The molecule has 1 heteroatoms. The van der Waals surface area contributed by atoms with Crippen LogP contribution in [0.4, 0.5) is 0 Å². The number of hydrogen-bond donors (Lipinski definition) is 0. The number of unbranched alkanes of at least 4 members (excludes halogenated alkanes) is 2. The van der Waals surface area contributed by atoms with Gasteiger partial charge in [-0.25, -0.2) is 0 Å². The first-order chi connectivity index (χ1) is 4.41. The van der Waals surface area contributed by atoms with Gasteiger partial charge < -0.3 is 0 Å². The van der Waals surface area contributed by atoms with E-state index in [0.717, 1.165) is 0 Å². The molecule has 9 heavy (non-hydrogen) atoms. The molecule has 0 saturated carbocycles. The zero-order valence-electron chi connectivity index (χ0n) is 6.39. The van der Waals surface area contributed by atoms with E-state index in [1.807, 2.05) is 11.8 Å². The van der Waals surface area contributed by atoms with Gasteiger partial charge in [-0.2, -0.15) is 0 Å². The van der Waals surface area contributed by atoms with Crippen molar-refractivity contribution >= 4 is 11.8 Å². The second-order valence-corrected chi connectivity index (χ2v) is 3.06. The molecule has 0 saturated heterocycles. The Morgan fingerprint density at radius 1 is 1.33 bits per heavy atom. The molecule has 0 aliphatic carbocycles. The summed E-state index contributed by atoms with van der Waals surface area (Å²) in [6.45, 7) is 4.30. The second-order valence-electron chi connectivity index (χ2n) is 2.05. The molecule has 0 atom stereocenters. The van der Waals surface area contributed by atoms with Gasteiger partial charge in [0.2, 0.25) is 0 Å². The summed E-state index contributed by atoms with van der Waals surface area (Å²) >= 11 is 1.91. The van der Waals surface area contributed by atoms with Gasteiger partial charge in [0.05, 0.1) is 0 Å². The zero-order chi connectivity index (χ0) is 6.95. The van der Waals surface area contributed by atoms with E-state index < -0.39 is 0 Å². The third-order valence-corrected chi connectivity index (χ3v) is 2.09. The average Bonchev–Trinajstić information content (AvgIpc) is 1.89. The van der Waals surface area contributed by atoms with E-state index in [1.165, 1.54) is 25.0 Å². The lowest BCUT2D eigenvalue weighted by atomic mass is 10.3. The van der Waals surface area contributed by atoms with Gasteiger partial charge in [-0.05, 0) is 24.5 Å². The zero-order valence-corrected chi connectivity index (χ0v) is 7.21. The fourth-order valence-electron chi connectivity index (χ4n) is 0.600. The van der Waals surface area contributed by atoms with Crippen molar-refractivity contribution in [3.05, 3.63) is 11.5 Å². The van der Waals surface area contributed by atoms with Crippen molar-refractivity contribution in [3.63, 3.8) is 0 Å². The molecule has 0 unspecified atom stereocenters. The maximum Gasteiger partial charge on any atom is -0.00261 e. The van der Waals surface area contributed by atoms with Crippen LogP contribution < -0.4 is 0 Å². The van der Waals surface area contributed by atoms with Crippen molar-refractivity contribution in [2.24, 2.45) is 0 Å². The van der Waals surface area contributed by atoms with E-state index >= 15 is 0 Å². The van der Waals surface area contributed by atoms with Crippen LogP contribution in [0.1, 0.15) is 33.1 Å².